The lowest BCUT2D eigenvalue weighted by molar-refractivity contribution is -0.125. The van der Waals surface area contributed by atoms with E-state index in [0.29, 0.717) is 12.6 Å². The number of benzene rings is 1. The van der Waals surface area contributed by atoms with E-state index >= 15 is 0 Å². The molecule has 2 aliphatic rings. The molecule has 0 bridgehead atoms. The zero-order valence-corrected chi connectivity index (χ0v) is 14.0. The normalized spacial score (nSPS) is 24.4. The molecule has 1 unspecified atom stereocenters. The predicted octanol–water partition coefficient (Wildman–Crippen LogP) is 1.53. The fourth-order valence-electron chi connectivity index (χ4n) is 4.01. The predicted molar refractivity (Wildman–Crippen MR) is 94.6 cm³/mol. The molecular formula is C19H23N3O2. The second-order valence-corrected chi connectivity index (χ2v) is 7.02. The molecule has 1 aromatic carbocycles. The highest BCUT2D eigenvalue weighted by Gasteiger charge is 2.35. The zero-order valence-electron chi connectivity index (χ0n) is 14.0. The molecular weight excluding hydrogens is 302 g/mol. The number of aromatic amines is 1. The van der Waals surface area contributed by atoms with E-state index in [1.807, 2.05) is 6.92 Å². The summed E-state index contributed by atoms with van der Waals surface area (Å²) in [6.07, 6.45) is 5.22. The van der Waals surface area contributed by atoms with Gasteiger partial charge < -0.3 is 15.4 Å². The first-order valence-electron chi connectivity index (χ1n) is 8.51. The third kappa shape index (κ3) is 2.36. The second-order valence-electron chi connectivity index (χ2n) is 7.02. The second kappa shape index (κ2) is 5.76. The Kier molecular flexibility index (Phi) is 3.70. The molecule has 24 heavy (non-hydrogen) atoms. The third-order valence-electron chi connectivity index (χ3n) is 5.27. The van der Waals surface area contributed by atoms with E-state index in [2.05, 4.69) is 52.7 Å². The number of rotatable bonds is 3. The van der Waals surface area contributed by atoms with Gasteiger partial charge in [-0.1, -0.05) is 18.2 Å². The number of H-pyrrole nitrogens is 1. The number of aliphatic hydroxyl groups is 1. The molecule has 1 aliphatic carbocycles. The lowest BCUT2D eigenvalue weighted by Gasteiger charge is -2.39. The van der Waals surface area contributed by atoms with Crippen LogP contribution >= 0.6 is 0 Å². The van der Waals surface area contributed by atoms with Crippen LogP contribution in [0.3, 0.4) is 0 Å². The molecule has 5 heteroatoms. The topological polar surface area (TPSA) is 68.4 Å². The van der Waals surface area contributed by atoms with E-state index in [9.17, 15) is 4.79 Å². The zero-order chi connectivity index (χ0) is 16.8. The van der Waals surface area contributed by atoms with Crippen molar-refractivity contribution in [2.24, 2.45) is 5.92 Å². The van der Waals surface area contributed by atoms with Gasteiger partial charge in [-0.3, -0.25) is 9.69 Å². The molecule has 0 radical (unpaired) electrons. The van der Waals surface area contributed by atoms with E-state index in [1.165, 1.54) is 22.1 Å². The number of carbonyl (C=O) groups is 1. The fourth-order valence-corrected chi connectivity index (χ4v) is 4.01. The minimum Gasteiger partial charge on any atom is -0.394 e. The van der Waals surface area contributed by atoms with Gasteiger partial charge in [0.25, 0.3) is 0 Å². The number of carbonyl (C=O) groups excluding carboxylic acids is 1. The molecule has 1 aromatic heterocycles. The Balaban J connectivity index is 1.75. The number of aromatic nitrogens is 1. The highest BCUT2D eigenvalue weighted by molar-refractivity contribution is 5.99. The maximum Gasteiger partial charge on any atom is 0.228 e. The summed E-state index contributed by atoms with van der Waals surface area (Å²) >= 11 is 0. The standard InChI is InChI=1S/C19H23N3O2/c1-11(10-23)21-19(24)13-6-15-14-4-3-5-16-18(14)12(8-20-16)7-17(15)22(2)9-13/h3-6,8,11,13,17,20,23H,7,9-10H2,1-2H3,(H,21,24)/t11?,13-,17+/m0/s1. The molecule has 0 spiro atoms. The van der Waals surface area contributed by atoms with Crippen LogP contribution in [-0.4, -0.2) is 53.2 Å². The largest absolute Gasteiger partial charge is 0.394 e. The van der Waals surface area contributed by atoms with Crippen LogP contribution in [0.4, 0.5) is 0 Å². The smallest absolute Gasteiger partial charge is 0.228 e. The van der Waals surface area contributed by atoms with Crippen LogP contribution in [0, 0.1) is 5.92 Å². The number of hydrogen-bond acceptors (Lipinski definition) is 3. The summed E-state index contributed by atoms with van der Waals surface area (Å²) in [7, 11) is 2.09. The maximum atomic E-state index is 12.5. The third-order valence-corrected chi connectivity index (χ3v) is 5.27. The monoisotopic (exact) mass is 325 g/mol. The Morgan fingerprint density at radius 2 is 2.33 bits per heavy atom. The number of likely N-dealkylation sites (N-methyl/N-ethyl adjacent to an activating group) is 1. The minimum absolute atomic E-state index is 0.0126. The Morgan fingerprint density at radius 1 is 1.50 bits per heavy atom. The molecule has 0 fully saturated rings. The SMILES string of the molecule is CC(CO)NC(=O)[C@H]1C=C2c3cccc4[nH]cc(c34)C[C@H]2N(C)C1. The first kappa shape index (κ1) is 15.4. The van der Waals surface area contributed by atoms with Gasteiger partial charge in [0.15, 0.2) is 0 Å². The summed E-state index contributed by atoms with van der Waals surface area (Å²) in [6, 6.07) is 6.42. The van der Waals surface area contributed by atoms with Crippen LogP contribution in [0.5, 0.6) is 0 Å². The Morgan fingerprint density at radius 3 is 3.12 bits per heavy atom. The van der Waals surface area contributed by atoms with Gasteiger partial charge in [0.1, 0.15) is 0 Å². The summed E-state index contributed by atoms with van der Waals surface area (Å²) in [5, 5.41) is 13.3. The molecule has 2 aromatic rings. The molecule has 5 nitrogen and oxygen atoms in total. The van der Waals surface area contributed by atoms with Crippen LogP contribution in [0.1, 0.15) is 18.1 Å². The maximum absolute atomic E-state index is 12.5. The van der Waals surface area contributed by atoms with Gasteiger partial charge in [0.05, 0.1) is 12.5 Å². The van der Waals surface area contributed by atoms with E-state index in [4.69, 9.17) is 5.11 Å². The highest BCUT2D eigenvalue weighted by Crippen LogP contribution is 2.40. The van der Waals surface area contributed by atoms with Gasteiger partial charge in [0, 0.05) is 35.7 Å². The Labute approximate surface area is 141 Å². The summed E-state index contributed by atoms with van der Waals surface area (Å²) < 4.78 is 0. The fraction of sp³-hybridized carbons (Fsp3) is 0.421. The van der Waals surface area contributed by atoms with Crippen molar-refractivity contribution in [1.29, 1.82) is 0 Å². The van der Waals surface area contributed by atoms with Crippen molar-refractivity contribution in [1.82, 2.24) is 15.2 Å². The number of nitrogens with one attached hydrogen (secondary N) is 2. The summed E-state index contributed by atoms with van der Waals surface area (Å²) in [5.74, 6) is -0.201. The number of aliphatic hydroxyl groups excluding tert-OH is 1. The van der Waals surface area contributed by atoms with Crippen molar-refractivity contribution in [2.75, 3.05) is 20.2 Å². The van der Waals surface area contributed by atoms with Gasteiger partial charge in [-0.15, -0.1) is 0 Å². The highest BCUT2D eigenvalue weighted by atomic mass is 16.3. The number of fused-ring (bicyclic) bond motifs is 2. The summed E-state index contributed by atoms with van der Waals surface area (Å²) in [4.78, 5) is 18.2. The average Bonchev–Trinajstić information content (AvgIpc) is 3.00. The van der Waals surface area contributed by atoms with Gasteiger partial charge >= 0.3 is 0 Å². The Bertz CT molecular complexity index is 823. The number of hydrogen-bond donors (Lipinski definition) is 3. The lowest BCUT2D eigenvalue weighted by Crippen LogP contribution is -2.48. The summed E-state index contributed by atoms with van der Waals surface area (Å²) in [5.41, 5.74) is 4.99. The van der Waals surface area contributed by atoms with Gasteiger partial charge in [0.2, 0.25) is 5.91 Å². The molecule has 0 saturated carbocycles. The van der Waals surface area contributed by atoms with E-state index in [-0.39, 0.29) is 24.5 Å². The average molecular weight is 325 g/mol. The van der Waals surface area contributed by atoms with Crippen LogP contribution in [0.2, 0.25) is 0 Å². The van der Waals surface area contributed by atoms with Crippen LogP contribution in [0.25, 0.3) is 16.5 Å². The quantitative estimate of drug-likeness (QED) is 0.802. The van der Waals surface area contributed by atoms with Crippen LogP contribution in [0.15, 0.2) is 30.5 Å². The van der Waals surface area contributed by atoms with E-state index < -0.39 is 0 Å². The van der Waals surface area contributed by atoms with Crippen molar-refractivity contribution in [2.45, 2.75) is 25.4 Å². The molecule has 126 valence electrons. The van der Waals surface area contributed by atoms with Crippen molar-refractivity contribution < 1.29 is 9.90 Å². The number of nitrogens with zero attached hydrogens (tertiary/aromatic N) is 1. The van der Waals surface area contributed by atoms with Crippen LogP contribution < -0.4 is 5.32 Å². The van der Waals surface area contributed by atoms with Gasteiger partial charge in [-0.05, 0) is 43.2 Å². The van der Waals surface area contributed by atoms with Crippen molar-refractivity contribution in [3.8, 4) is 0 Å². The molecule has 4 rings (SSSR count). The molecule has 0 saturated heterocycles. The minimum atomic E-state index is -0.218. The van der Waals surface area contributed by atoms with Crippen LogP contribution in [-0.2, 0) is 11.2 Å². The first-order valence-corrected chi connectivity index (χ1v) is 8.51. The molecule has 3 atom stereocenters. The van der Waals surface area contributed by atoms with E-state index in [1.54, 1.807) is 0 Å². The number of amides is 1. The lowest BCUT2D eigenvalue weighted by atomic mass is 9.80. The van der Waals surface area contributed by atoms with Crippen molar-refractivity contribution in [3.05, 3.63) is 41.6 Å². The molecule has 2 heterocycles. The molecule has 1 aliphatic heterocycles. The Hall–Kier alpha value is -2.11. The van der Waals surface area contributed by atoms with Gasteiger partial charge in [-0.2, -0.15) is 0 Å². The van der Waals surface area contributed by atoms with E-state index in [0.717, 1.165) is 11.9 Å². The van der Waals surface area contributed by atoms with Gasteiger partial charge in [-0.25, -0.2) is 0 Å². The molecule has 3 N–H and O–H groups in total. The van der Waals surface area contributed by atoms with Crippen molar-refractivity contribution in [3.63, 3.8) is 0 Å². The first-order chi connectivity index (χ1) is 11.6. The van der Waals surface area contributed by atoms with Crippen molar-refractivity contribution >= 4 is 22.4 Å². The molecule has 1 amide bonds. The summed E-state index contributed by atoms with van der Waals surface area (Å²) in [6.45, 7) is 2.47.